The van der Waals surface area contributed by atoms with E-state index in [1.807, 2.05) is 31.2 Å². The Labute approximate surface area is 120 Å². The highest BCUT2D eigenvalue weighted by molar-refractivity contribution is 5.27. The molecule has 5 nitrogen and oxygen atoms in total. The van der Waals surface area contributed by atoms with Crippen molar-refractivity contribution in [3.05, 3.63) is 29.8 Å². The fourth-order valence-electron chi connectivity index (χ4n) is 1.67. The van der Waals surface area contributed by atoms with Crippen molar-refractivity contribution >= 4 is 0 Å². The van der Waals surface area contributed by atoms with Crippen LogP contribution in [0.25, 0.3) is 0 Å². The third-order valence-corrected chi connectivity index (χ3v) is 2.73. The summed E-state index contributed by atoms with van der Waals surface area (Å²) in [6.07, 6.45) is 0.664. The Morgan fingerprint density at radius 2 is 1.70 bits per heavy atom. The van der Waals surface area contributed by atoms with Gasteiger partial charge in [0.15, 0.2) is 0 Å². The number of benzene rings is 1. The molecule has 3 N–H and O–H groups in total. The van der Waals surface area contributed by atoms with Crippen LogP contribution in [0.15, 0.2) is 24.3 Å². The molecule has 0 spiro atoms. The van der Waals surface area contributed by atoms with Crippen LogP contribution in [0.1, 0.15) is 12.5 Å². The maximum atomic E-state index is 8.90. The lowest BCUT2D eigenvalue weighted by Gasteiger charge is -2.10. The second-order valence-electron chi connectivity index (χ2n) is 4.45. The average molecular weight is 283 g/mol. The zero-order chi connectivity index (χ0) is 14.6. The highest BCUT2D eigenvalue weighted by Gasteiger charge is 2.02. The summed E-state index contributed by atoms with van der Waals surface area (Å²) in [5.41, 5.74) is 6.77. The highest BCUT2D eigenvalue weighted by Crippen LogP contribution is 2.13. The summed E-state index contributed by atoms with van der Waals surface area (Å²) in [6, 6.07) is 7.52. The van der Waals surface area contributed by atoms with Crippen molar-refractivity contribution in [1.29, 1.82) is 0 Å². The maximum Gasteiger partial charge on any atom is 0.119 e. The molecule has 0 aliphatic carbocycles. The lowest BCUT2D eigenvalue weighted by atomic mass is 10.1. The van der Waals surface area contributed by atoms with Gasteiger partial charge in [-0.05, 0) is 31.0 Å². The van der Waals surface area contributed by atoms with E-state index in [9.17, 15) is 0 Å². The smallest absolute Gasteiger partial charge is 0.119 e. The molecule has 0 heterocycles. The third kappa shape index (κ3) is 7.45. The van der Waals surface area contributed by atoms with E-state index >= 15 is 0 Å². The number of aliphatic hydroxyl groups excluding tert-OH is 1. The topological polar surface area (TPSA) is 73.9 Å². The van der Waals surface area contributed by atoms with E-state index in [2.05, 4.69) is 0 Å². The van der Waals surface area contributed by atoms with Gasteiger partial charge in [-0.1, -0.05) is 12.1 Å². The van der Waals surface area contributed by atoms with E-state index in [0.717, 1.165) is 11.3 Å². The van der Waals surface area contributed by atoms with Crippen molar-refractivity contribution in [2.24, 2.45) is 5.73 Å². The summed E-state index contributed by atoms with van der Waals surface area (Å²) in [7, 11) is 0. The molecule has 0 aliphatic heterocycles. The lowest BCUT2D eigenvalue weighted by Crippen LogP contribution is -2.26. The van der Waals surface area contributed by atoms with Crippen LogP contribution >= 0.6 is 0 Å². The van der Waals surface area contributed by atoms with Crippen LogP contribution in [0, 0.1) is 0 Å². The number of ether oxygens (including phenoxy) is 3. The van der Waals surface area contributed by atoms with E-state index in [1.165, 1.54) is 0 Å². The molecule has 114 valence electrons. The minimum atomic E-state index is -0.208. The molecule has 0 aromatic heterocycles. The van der Waals surface area contributed by atoms with Crippen molar-refractivity contribution in [3.8, 4) is 5.75 Å². The molecule has 1 atom stereocenters. The summed E-state index contributed by atoms with van der Waals surface area (Å²) < 4.78 is 16.1. The largest absolute Gasteiger partial charge is 0.491 e. The molecule has 5 heteroatoms. The fraction of sp³-hybridized carbons (Fsp3) is 0.600. The molecule has 0 saturated carbocycles. The molecular weight excluding hydrogens is 258 g/mol. The summed E-state index contributed by atoms with van der Waals surface area (Å²) in [5, 5.41) is 8.90. The van der Waals surface area contributed by atoms with Crippen LogP contribution in [-0.2, 0) is 15.9 Å². The van der Waals surface area contributed by atoms with Gasteiger partial charge in [-0.3, -0.25) is 0 Å². The molecule has 0 amide bonds. The lowest BCUT2D eigenvalue weighted by molar-refractivity contribution is 0.0405. The number of hydrogen-bond acceptors (Lipinski definition) is 5. The van der Waals surface area contributed by atoms with E-state index in [0.29, 0.717) is 39.5 Å². The standard InChI is InChI=1S/C15H25NO4/c1-2-18-7-8-19-9-10-20-15-5-3-13(4-6-15)11-14(16)12-17/h3-6,14,17H,2,7-12,16H2,1H3/t14-/m0/s1. The third-order valence-electron chi connectivity index (χ3n) is 2.73. The predicted molar refractivity (Wildman–Crippen MR) is 78.0 cm³/mol. The van der Waals surface area contributed by atoms with Gasteiger partial charge in [0.1, 0.15) is 12.4 Å². The van der Waals surface area contributed by atoms with Crippen LogP contribution in [0.2, 0.25) is 0 Å². The Balaban J connectivity index is 2.15. The summed E-state index contributed by atoms with van der Waals surface area (Å²) in [5.74, 6) is 0.805. The maximum absolute atomic E-state index is 8.90. The van der Waals surface area contributed by atoms with Gasteiger partial charge >= 0.3 is 0 Å². The zero-order valence-corrected chi connectivity index (χ0v) is 12.1. The number of hydrogen-bond donors (Lipinski definition) is 2. The van der Waals surface area contributed by atoms with Crippen molar-refractivity contribution < 1.29 is 19.3 Å². The van der Waals surface area contributed by atoms with Gasteiger partial charge in [-0.25, -0.2) is 0 Å². The minimum absolute atomic E-state index is 0.00264. The first-order valence-electron chi connectivity index (χ1n) is 7.00. The van der Waals surface area contributed by atoms with Gasteiger partial charge in [0.05, 0.1) is 26.4 Å². The van der Waals surface area contributed by atoms with Crippen molar-refractivity contribution in [2.45, 2.75) is 19.4 Å². The van der Waals surface area contributed by atoms with Crippen LogP contribution in [0.4, 0.5) is 0 Å². The average Bonchev–Trinajstić information content (AvgIpc) is 2.48. The molecule has 0 radical (unpaired) electrons. The second kappa shape index (κ2) is 10.6. The molecule has 0 saturated heterocycles. The molecule has 1 aromatic rings. The van der Waals surface area contributed by atoms with Crippen molar-refractivity contribution in [3.63, 3.8) is 0 Å². The molecule has 1 aromatic carbocycles. The summed E-state index contributed by atoms with van der Waals surface area (Å²) in [6.45, 7) is 4.95. The molecule has 0 unspecified atom stereocenters. The Morgan fingerprint density at radius 1 is 1.05 bits per heavy atom. The molecule has 20 heavy (non-hydrogen) atoms. The monoisotopic (exact) mass is 283 g/mol. The first kappa shape index (κ1) is 16.9. The summed E-state index contributed by atoms with van der Waals surface area (Å²) in [4.78, 5) is 0. The predicted octanol–water partition coefficient (Wildman–Crippen LogP) is 0.981. The van der Waals surface area contributed by atoms with E-state index in [4.69, 9.17) is 25.1 Å². The van der Waals surface area contributed by atoms with Crippen molar-refractivity contribution in [2.75, 3.05) is 39.6 Å². The minimum Gasteiger partial charge on any atom is -0.491 e. The van der Waals surface area contributed by atoms with Crippen LogP contribution in [0.5, 0.6) is 5.75 Å². The van der Waals surface area contributed by atoms with Gasteiger partial charge in [0.25, 0.3) is 0 Å². The fourth-order valence-corrected chi connectivity index (χ4v) is 1.67. The number of nitrogens with two attached hydrogens (primary N) is 1. The van der Waals surface area contributed by atoms with E-state index in [-0.39, 0.29) is 12.6 Å². The van der Waals surface area contributed by atoms with Crippen molar-refractivity contribution in [1.82, 2.24) is 0 Å². The van der Waals surface area contributed by atoms with Gasteiger partial charge in [0, 0.05) is 12.6 Å². The zero-order valence-electron chi connectivity index (χ0n) is 12.1. The van der Waals surface area contributed by atoms with Crippen LogP contribution in [0.3, 0.4) is 0 Å². The molecule has 0 bridgehead atoms. The van der Waals surface area contributed by atoms with Gasteiger partial charge in [-0.15, -0.1) is 0 Å². The first-order valence-corrected chi connectivity index (χ1v) is 7.00. The Kier molecular flexibility index (Phi) is 8.98. The second-order valence-corrected chi connectivity index (χ2v) is 4.45. The molecule has 0 fully saturated rings. The van der Waals surface area contributed by atoms with E-state index < -0.39 is 0 Å². The SMILES string of the molecule is CCOCCOCCOc1ccc(C[C@H](N)CO)cc1. The van der Waals surface area contributed by atoms with Crippen LogP contribution in [-0.4, -0.2) is 50.8 Å². The number of aliphatic hydroxyl groups is 1. The Morgan fingerprint density at radius 3 is 2.35 bits per heavy atom. The first-order chi connectivity index (χ1) is 9.76. The quantitative estimate of drug-likeness (QED) is 0.592. The Bertz CT molecular complexity index is 342. The van der Waals surface area contributed by atoms with E-state index in [1.54, 1.807) is 0 Å². The molecule has 1 rings (SSSR count). The van der Waals surface area contributed by atoms with Gasteiger partial charge in [-0.2, -0.15) is 0 Å². The van der Waals surface area contributed by atoms with Gasteiger partial charge in [0.2, 0.25) is 0 Å². The van der Waals surface area contributed by atoms with Crippen LogP contribution < -0.4 is 10.5 Å². The molecule has 0 aliphatic rings. The van der Waals surface area contributed by atoms with Gasteiger partial charge < -0.3 is 25.1 Å². The summed E-state index contributed by atoms with van der Waals surface area (Å²) >= 11 is 0. The number of rotatable bonds is 11. The normalized spacial score (nSPS) is 12.3. The Hall–Kier alpha value is -1.14. The highest BCUT2D eigenvalue weighted by atomic mass is 16.5. The molecular formula is C15H25NO4.